The first-order valence-corrected chi connectivity index (χ1v) is 12.9. The summed E-state index contributed by atoms with van der Waals surface area (Å²) in [4.78, 5) is 2.61. The van der Waals surface area contributed by atoms with Gasteiger partial charge in [0.05, 0.1) is 13.1 Å². The average Bonchev–Trinajstić information content (AvgIpc) is 2.91. The molecule has 1 heterocycles. The van der Waals surface area contributed by atoms with Crippen LogP contribution in [0.15, 0.2) is 84.9 Å². The van der Waals surface area contributed by atoms with E-state index in [-0.39, 0.29) is 5.41 Å². The van der Waals surface area contributed by atoms with Crippen LogP contribution in [0.5, 0.6) is 0 Å². The number of rotatable bonds is 6. The van der Waals surface area contributed by atoms with Crippen LogP contribution in [0.1, 0.15) is 63.7 Å². The maximum Gasteiger partial charge on any atom is 0.235 e. The molecule has 0 spiro atoms. The molecule has 0 aliphatic carbocycles. The Bertz CT molecular complexity index is 1320. The van der Waals surface area contributed by atoms with Crippen LogP contribution in [-0.2, 0) is 0 Å². The summed E-state index contributed by atoms with van der Waals surface area (Å²) in [5.41, 5.74) is 3.11. The van der Waals surface area contributed by atoms with Gasteiger partial charge in [-0.15, -0.1) is 0 Å². The molecule has 0 amide bonds. The van der Waals surface area contributed by atoms with Gasteiger partial charge in [-0.25, -0.2) is 0 Å². The van der Waals surface area contributed by atoms with Crippen LogP contribution in [0.3, 0.4) is 0 Å². The lowest BCUT2D eigenvalue weighted by molar-refractivity contribution is -0.588. The SMILES string of the molecule is CCC1(CC)CN(C(C)c2cccc3ccccc23)C=[N+]([C@@H](C)c2cccc3ccccc23)C1. The zero-order valence-electron chi connectivity index (χ0n) is 21.0. The lowest BCUT2D eigenvalue weighted by Gasteiger charge is -2.40. The van der Waals surface area contributed by atoms with Crippen molar-refractivity contribution in [3.63, 3.8) is 0 Å². The van der Waals surface area contributed by atoms with E-state index in [0.29, 0.717) is 12.1 Å². The minimum absolute atomic E-state index is 0.284. The number of hydrogen-bond donors (Lipinski definition) is 0. The van der Waals surface area contributed by atoms with E-state index in [9.17, 15) is 0 Å². The summed E-state index contributed by atoms with van der Waals surface area (Å²) < 4.78 is 2.61. The highest BCUT2D eigenvalue weighted by Gasteiger charge is 2.41. The fourth-order valence-corrected chi connectivity index (χ4v) is 5.85. The van der Waals surface area contributed by atoms with E-state index in [2.05, 4.69) is 128 Å². The monoisotopic (exact) mass is 449 g/mol. The quantitative estimate of drug-likeness (QED) is 0.270. The highest BCUT2D eigenvalue weighted by molar-refractivity contribution is 5.87. The van der Waals surface area contributed by atoms with Gasteiger partial charge in [0, 0.05) is 16.5 Å². The van der Waals surface area contributed by atoms with E-state index in [4.69, 9.17) is 0 Å². The molecule has 0 saturated heterocycles. The Labute approximate surface area is 204 Å². The topological polar surface area (TPSA) is 6.25 Å². The van der Waals surface area contributed by atoms with Gasteiger partial charge in [-0.05, 0) is 48.2 Å². The van der Waals surface area contributed by atoms with Gasteiger partial charge in [0.2, 0.25) is 6.34 Å². The Balaban J connectivity index is 1.58. The third-order valence-corrected chi connectivity index (χ3v) is 8.37. The first kappa shape index (κ1) is 22.7. The summed E-state index contributed by atoms with van der Waals surface area (Å²) >= 11 is 0. The molecule has 1 aliphatic heterocycles. The standard InChI is InChI=1S/C32H37N2/c1-5-32(6-2)21-33(24(3)28-19-11-15-26-13-7-9-17-30(26)28)23-34(22-32)25(4)29-20-12-16-27-14-8-10-18-31(27)29/h7-20,23-25H,5-6,21-22H2,1-4H3/q+1/t24-,25?/m0/s1. The molecule has 0 saturated carbocycles. The molecular formula is C32H37N2+. The van der Waals surface area contributed by atoms with Crippen molar-refractivity contribution in [1.82, 2.24) is 4.90 Å². The van der Waals surface area contributed by atoms with Crippen molar-refractivity contribution in [2.24, 2.45) is 5.41 Å². The molecule has 4 aromatic carbocycles. The molecule has 0 fully saturated rings. The van der Waals surface area contributed by atoms with Crippen LogP contribution in [0.25, 0.3) is 21.5 Å². The van der Waals surface area contributed by atoms with Gasteiger partial charge in [-0.3, -0.25) is 9.48 Å². The Morgan fingerprint density at radius 1 is 0.735 bits per heavy atom. The number of hydrogen-bond acceptors (Lipinski definition) is 1. The van der Waals surface area contributed by atoms with Crippen molar-refractivity contribution >= 4 is 27.9 Å². The molecule has 0 N–H and O–H groups in total. The van der Waals surface area contributed by atoms with Crippen LogP contribution in [-0.4, -0.2) is 28.9 Å². The van der Waals surface area contributed by atoms with Gasteiger partial charge >= 0.3 is 0 Å². The predicted octanol–water partition coefficient (Wildman–Crippen LogP) is 7.98. The lowest BCUT2D eigenvalue weighted by atomic mass is 9.79. The molecule has 2 nitrogen and oxygen atoms in total. The summed E-state index contributed by atoms with van der Waals surface area (Å²) in [6.45, 7) is 11.7. The van der Waals surface area contributed by atoms with Gasteiger partial charge < -0.3 is 0 Å². The Morgan fingerprint density at radius 2 is 1.26 bits per heavy atom. The molecule has 174 valence electrons. The van der Waals surface area contributed by atoms with E-state index in [1.165, 1.54) is 45.5 Å². The first-order chi connectivity index (χ1) is 16.5. The van der Waals surface area contributed by atoms with Gasteiger partial charge in [0.15, 0.2) is 0 Å². The summed E-state index contributed by atoms with van der Waals surface area (Å²) in [6.07, 6.45) is 4.81. The molecule has 4 aromatic rings. The number of nitrogens with zero attached hydrogens (tertiary/aromatic N) is 2. The Hall–Kier alpha value is -3.13. The van der Waals surface area contributed by atoms with Crippen LogP contribution >= 0.6 is 0 Å². The molecule has 34 heavy (non-hydrogen) atoms. The smallest absolute Gasteiger partial charge is 0.235 e. The summed E-state index contributed by atoms with van der Waals surface area (Å²) in [7, 11) is 0. The fraction of sp³-hybridized carbons (Fsp3) is 0.344. The average molecular weight is 450 g/mol. The second-order valence-electron chi connectivity index (χ2n) is 10.2. The predicted molar refractivity (Wildman–Crippen MR) is 146 cm³/mol. The molecule has 2 heteroatoms. The minimum Gasteiger partial charge on any atom is -0.261 e. The van der Waals surface area contributed by atoms with Gasteiger partial charge in [-0.2, -0.15) is 0 Å². The largest absolute Gasteiger partial charge is 0.261 e. The van der Waals surface area contributed by atoms with Crippen molar-refractivity contribution in [3.8, 4) is 0 Å². The van der Waals surface area contributed by atoms with E-state index >= 15 is 0 Å². The Kier molecular flexibility index (Phi) is 6.16. The second-order valence-corrected chi connectivity index (χ2v) is 10.2. The first-order valence-electron chi connectivity index (χ1n) is 12.9. The molecule has 0 radical (unpaired) electrons. The third-order valence-electron chi connectivity index (χ3n) is 8.37. The fourth-order valence-electron chi connectivity index (χ4n) is 5.85. The maximum atomic E-state index is 2.61. The van der Waals surface area contributed by atoms with Crippen LogP contribution in [0, 0.1) is 5.41 Å². The maximum absolute atomic E-state index is 2.61. The van der Waals surface area contributed by atoms with Crippen molar-refractivity contribution in [3.05, 3.63) is 96.1 Å². The molecule has 0 aromatic heterocycles. The highest BCUT2D eigenvalue weighted by atomic mass is 15.3. The van der Waals surface area contributed by atoms with E-state index in [0.717, 1.165) is 13.1 Å². The van der Waals surface area contributed by atoms with Crippen molar-refractivity contribution in [2.45, 2.75) is 52.6 Å². The van der Waals surface area contributed by atoms with Gasteiger partial charge in [0.1, 0.15) is 12.1 Å². The van der Waals surface area contributed by atoms with Crippen LogP contribution < -0.4 is 0 Å². The lowest BCUT2D eigenvalue weighted by Crippen LogP contribution is -2.50. The molecule has 5 rings (SSSR count). The molecule has 1 aliphatic rings. The zero-order chi connectivity index (χ0) is 23.7. The van der Waals surface area contributed by atoms with Gasteiger partial charge in [-0.1, -0.05) is 98.8 Å². The third kappa shape index (κ3) is 4.00. The van der Waals surface area contributed by atoms with Crippen molar-refractivity contribution in [2.75, 3.05) is 13.1 Å². The van der Waals surface area contributed by atoms with Crippen LogP contribution in [0.4, 0.5) is 0 Å². The van der Waals surface area contributed by atoms with E-state index in [1.54, 1.807) is 0 Å². The van der Waals surface area contributed by atoms with Crippen LogP contribution in [0.2, 0.25) is 0 Å². The summed E-state index contributed by atoms with van der Waals surface area (Å²) in [5.74, 6) is 0. The molecular weight excluding hydrogens is 412 g/mol. The van der Waals surface area contributed by atoms with Gasteiger partial charge in [0.25, 0.3) is 0 Å². The van der Waals surface area contributed by atoms with E-state index < -0.39 is 0 Å². The molecule has 1 unspecified atom stereocenters. The number of benzene rings is 4. The summed E-state index contributed by atoms with van der Waals surface area (Å²) in [5, 5.41) is 5.37. The second kappa shape index (κ2) is 9.25. The normalized spacial score (nSPS) is 17.5. The van der Waals surface area contributed by atoms with Crippen molar-refractivity contribution < 1.29 is 4.58 Å². The highest BCUT2D eigenvalue weighted by Crippen LogP contribution is 2.38. The Morgan fingerprint density at radius 3 is 1.88 bits per heavy atom. The minimum atomic E-state index is 0.284. The summed E-state index contributed by atoms with van der Waals surface area (Å²) in [6, 6.07) is 31.7. The van der Waals surface area contributed by atoms with E-state index in [1.807, 2.05) is 0 Å². The number of fused-ring (bicyclic) bond motifs is 2. The molecule has 2 atom stereocenters. The molecule has 0 bridgehead atoms. The zero-order valence-corrected chi connectivity index (χ0v) is 21.0. The van der Waals surface area contributed by atoms with Crippen molar-refractivity contribution in [1.29, 1.82) is 0 Å².